The van der Waals surface area contributed by atoms with Gasteiger partial charge in [0.15, 0.2) is 0 Å². The monoisotopic (exact) mass is 277 g/mol. The van der Waals surface area contributed by atoms with Gasteiger partial charge >= 0.3 is 0 Å². The highest BCUT2D eigenvalue weighted by Crippen LogP contribution is 2.29. The Morgan fingerprint density at radius 1 is 1.14 bits per heavy atom. The summed E-state index contributed by atoms with van der Waals surface area (Å²) in [6.45, 7) is 0. The Morgan fingerprint density at radius 3 is 2.67 bits per heavy atom. The van der Waals surface area contributed by atoms with Crippen molar-refractivity contribution in [2.24, 2.45) is 0 Å². The molecule has 0 atom stereocenters. The van der Waals surface area contributed by atoms with E-state index in [9.17, 15) is 14.9 Å². The molecule has 0 unspecified atom stereocenters. The largest absolute Gasteiger partial charge is 0.399 e. The molecule has 0 spiro atoms. The smallest absolute Gasteiger partial charge is 0.265 e. The van der Waals surface area contributed by atoms with Gasteiger partial charge in [0.25, 0.3) is 5.91 Å². The number of fused-ring (bicyclic) bond motifs is 1. The quantitative estimate of drug-likeness (QED) is 0.636. The van der Waals surface area contributed by atoms with E-state index in [4.69, 9.17) is 5.73 Å². The summed E-state index contributed by atoms with van der Waals surface area (Å²) in [7, 11) is 0. The fourth-order valence-corrected chi connectivity index (χ4v) is 2.44. The average Bonchev–Trinajstić information content (AvgIpc) is 2.48. The van der Waals surface area contributed by atoms with Crippen molar-refractivity contribution >= 4 is 23.2 Å². The lowest BCUT2D eigenvalue weighted by Crippen LogP contribution is -2.42. The van der Waals surface area contributed by atoms with Gasteiger partial charge in [-0.15, -0.1) is 0 Å². The summed E-state index contributed by atoms with van der Waals surface area (Å²) in [4.78, 5) is 25.9. The number of hydrogen-bond acceptors (Lipinski definition) is 4. The van der Waals surface area contributed by atoms with Crippen molar-refractivity contribution < 1.29 is 9.59 Å². The lowest BCUT2D eigenvalue weighted by atomic mass is 9.97. The molecular formula is C16H11N3O2. The zero-order chi connectivity index (χ0) is 15.0. The molecule has 2 N–H and O–H groups in total. The maximum absolute atomic E-state index is 12.5. The van der Waals surface area contributed by atoms with Crippen LogP contribution in [-0.4, -0.2) is 11.8 Å². The number of rotatable bonds is 1. The third-order valence-electron chi connectivity index (χ3n) is 3.42. The molecule has 0 aromatic heterocycles. The first kappa shape index (κ1) is 12.9. The van der Waals surface area contributed by atoms with E-state index in [1.165, 1.54) is 12.1 Å². The van der Waals surface area contributed by atoms with Crippen molar-refractivity contribution in [2.75, 3.05) is 10.6 Å². The molecule has 1 aliphatic rings. The number of nitrogens with two attached hydrogens (primary N) is 1. The Labute approximate surface area is 121 Å². The molecule has 0 aliphatic carbocycles. The van der Waals surface area contributed by atoms with E-state index in [1.807, 2.05) is 6.07 Å². The Hall–Kier alpha value is -3.13. The molecule has 0 saturated carbocycles. The number of nitrogen functional groups attached to an aromatic ring is 1. The predicted molar refractivity (Wildman–Crippen MR) is 77.5 cm³/mol. The van der Waals surface area contributed by atoms with Crippen LogP contribution in [0.2, 0.25) is 0 Å². The molecule has 0 bridgehead atoms. The van der Waals surface area contributed by atoms with Crippen molar-refractivity contribution in [1.82, 2.24) is 0 Å². The molecule has 5 heteroatoms. The summed E-state index contributed by atoms with van der Waals surface area (Å²) < 4.78 is 0. The number of nitrogens with zero attached hydrogens (tertiary/aromatic N) is 2. The molecule has 102 valence electrons. The van der Waals surface area contributed by atoms with Crippen LogP contribution in [-0.2, 0) is 11.2 Å². The highest BCUT2D eigenvalue weighted by Gasteiger charge is 2.33. The summed E-state index contributed by atoms with van der Waals surface area (Å²) in [6.07, 6.45) is 0.136. The summed E-state index contributed by atoms with van der Waals surface area (Å²) >= 11 is 0. The van der Waals surface area contributed by atoms with E-state index in [2.05, 4.69) is 0 Å². The normalized spacial score (nSPS) is 13.8. The van der Waals surface area contributed by atoms with Gasteiger partial charge in [-0.25, -0.2) is 4.90 Å². The Morgan fingerprint density at radius 2 is 1.90 bits per heavy atom. The molecule has 0 saturated heterocycles. The van der Waals surface area contributed by atoms with Gasteiger partial charge in [-0.3, -0.25) is 9.59 Å². The molecule has 1 heterocycles. The molecule has 3 rings (SSSR count). The third kappa shape index (κ3) is 2.03. The average molecular weight is 277 g/mol. The standard InChI is InChI=1S/C16H11N3O2/c17-9-11-7-12(18)5-6-14(11)19-15(20)8-10-3-1-2-4-13(10)16(19)21/h1-7H,8,18H2. The highest BCUT2D eigenvalue weighted by atomic mass is 16.2. The lowest BCUT2D eigenvalue weighted by Gasteiger charge is -2.27. The first-order valence-electron chi connectivity index (χ1n) is 6.36. The van der Waals surface area contributed by atoms with Gasteiger partial charge in [0, 0.05) is 11.3 Å². The zero-order valence-corrected chi connectivity index (χ0v) is 11.0. The predicted octanol–water partition coefficient (Wildman–Crippen LogP) is 1.87. The van der Waals surface area contributed by atoms with Crippen LogP contribution < -0.4 is 10.6 Å². The first-order chi connectivity index (χ1) is 10.1. The summed E-state index contributed by atoms with van der Waals surface area (Å²) in [5.74, 6) is -0.761. The minimum atomic E-state index is -0.414. The third-order valence-corrected chi connectivity index (χ3v) is 3.42. The number of benzene rings is 2. The molecule has 1 aliphatic heterocycles. The number of hydrogen-bond donors (Lipinski definition) is 1. The second kappa shape index (κ2) is 4.76. The van der Waals surface area contributed by atoms with Gasteiger partial charge in [-0.1, -0.05) is 18.2 Å². The number of carbonyl (C=O) groups is 2. The molecule has 2 amide bonds. The van der Waals surface area contributed by atoms with Crippen LogP contribution in [0.1, 0.15) is 21.5 Å². The molecule has 21 heavy (non-hydrogen) atoms. The van der Waals surface area contributed by atoms with Crippen molar-refractivity contribution in [2.45, 2.75) is 6.42 Å². The van der Waals surface area contributed by atoms with Gasteiger partial charge in [-0.05, 0) is 29.8 Å². The summed E-state index contributed by atoms with van der Waals surface area (Å²) in [5.41, 5.74) is 7.72. The molecule has 2 aromatic rings. The fraction of sp³-hybridized carbons (Fsp3) is 0.0625. The molecular weight excluding hydrogens is 266 g/mol. The van der Waals surface area contributed by atoms with Gasteiger partial charge in [-0.2, -0.15) is 5.26 Å². The van der Waals surface area contributed by atoms with Gasteiger partial charge < -0.3 is 5.73 Å². The maximum Gasteiger partial charge on any atom is 0.265 e. The van der Waals surface area contributed by atoms with Gasteiger partial charge in [0.2, 0.25) is 5.91 Å². The number of nitriles is 1. The Kier molecular flexibility index (Phi) is 2.92. The lowest BCUT2D eigenvalue weighted by molar-refractivity contribution is -0.117. The second-order valence-corrected chi connectivity index (χ2v) is 4.76. The van der Waals surface area contributed by atoms with E-state index in [1.54, 1.807) is 30.3 Å². The minimum absolute atomic E-state index is 0.136. The number of imide groups is 1. The van der Waals surface area contributed by atoms with Gasteiger partial charge in [0.1, 0.15) is 6.07 Å². The highest BCUT2D eigenvalue weighted by molar-refractivity contribution is 6.25. The van der Waals surface area contributed by atoms with E-state index in [-0.39, 0.29) is 23.6 Å². The van der Waals surface area contributed by atoms with E-state index in [0.717, 1.165) is 4.90 Å². The van der Waals surface area contributed by atoms with E-state index >= 15 is 0 Å². The first-order valence-corrected chi connectivity index (χ1v) is 6.36. The minimum Gasteiger partial charge on any atom is -0.399 e. The topological polar surface area (TPSA) is 87.2 Å². The zero-order valence-electron chi connectivity index (χ0n) is 11.0. The van der Waals surface area contributed by atoms with Crippen LogP contribution >= 0.6 is 0 Å². The van der Waals surface area contributed by atoms with E-state index in [0.29, 0.717) is 16.8 Å². The summed E-state index contributed by atoms with van der Waals surface area (Å²) in [6, 6.07) is 13.5. The number of anilines is 2. The van der Waals surface area contributed by atoms with Crippen molar-refractivity contribution in [3.05, 3.63) is 59.2 Å². The van der Waals surface area contributed by atoms with Gasteiger partial charge in [0.05, 0.1) is 17.7 Å². The second-order valence-electron chi connectivity index (χ2n) is 4.76. The molecule has 2 aromatic carbocycles. The van der Waals surface area contributed by atoms with E-state index < -0.39 is 5.91 Å². The Balaban J connectivity index is 2.14. The van der Waals surface area contributed by atoms with Crippen LogP contribution in [0.15, 0.2) is 42.5 Å². The van der Waals surface area contributed by atoms with Crippen LogP contribution in [0.4, 0.5) is 11.4 Å². The Bertz CT molecular complexity index is 805. The number of carbonyl (C=O) groups excluding carboxylic acids is 2. The van der Waals surface area contributed by atoms with Crippen molar-refractivity contribution in [3.63, 3.8) is 0 Å². The fourth-order valence-electron chi connectivity index (χ4n) is 2.44. The molecule has 0 radical (unpaired) electrons. The SMILES string of the molecule is N#Cc1cc(N)ccc1N1C(=O)Cc2ccccc2C1=O. The molecule has 5 nitrogen and oxygen atoms in total. The molecule has 0 fully saturated rings. The number of amides is 2. The van der Waals surface area contributed by atoms with Crippen LogP contribution in [0.5, 0.6) is 0 Å². The van der Waals surface area contributed by atoms with Crippen LogP contribution in [0.25, 0.3) is 0 Å². The summed E-state index contributed by atoms with van der Waals surface area (Å²) in [5, 5.41) is 9.19. The van der Waals surface area contributed by atoms with Crippen molar-refractivity contribution in [3.8, 4) is 6.07 Å². The van der Waals surface area contributed by atoms with Crippen molar-refractivity contribution in [1.29, 1.82) is 5.26 Å². The van der Waals surface area contributed by atoms with Crippen LogP contribution in [0, 0.1) is 11.3 Å². The maximum atomic E-state index is 12.5. The van der Waals surface area contributed by atoms with Crippen LogP contribution in [0.3, 0.4) is 0 Å².